The number of esters is 1. The Morgan fingerprint density at radius 1 is 0.919 bits per heavy atom. The van der Waals surface area contributed by atoms with E-state index < -0.39 is 0 Å². The number of para-hydroxylation sites is 2. The van der Waals surface area contributed by atoms with E-state index in [-0.39, 0.29) is 23.5 Å². The molecule has 2 bridgehead atoms. The van der Waals surface area contributed by atoms with Gasteiger partial charge in [-0.15, -0.1) is 0 Å². The van der Waals surface area contributed by atoms with Crippen LogP contribution in [0.5, 0.6) is 0 Å². The molecule has 4 fully saturated rings. The van der Waals surface area contributed by atoms with Crippen molar-refractivity contribution in [3.8, 4) is 0 Å². The van der Waals surface area contributed by atoms with Crippen molar-refractivity contribution in [3.63, 3.8) is 0 Å². The summed E-state index contributed by atoms with van der Waals surface area (Å²) in [6.07, 6.45) is 15.6. The molecule has 1 aromatic heterocycles. The molecule has 0 radical (unpaired) electrons. The molecule has 3 unspecified atom stereocenters. The molecule has 6 rings (SSSR count). The summed E-state index contributed by atoms with van der Waals surface area (Å²) >= 11 is 0. The van der Waals surface area contributed by atoms with Crippen LogP contribution in [0.1, 0.15) is 89.5 Å². The fourth-order valence-corrected chi connectivity index (χ4v) is 7.95. The summed E-state index contributed by atoms with van der Waals surface area (Å²) in [6, 6.07) is 10.3. The van der Waals surface area contributed by atoms with Gasteiger partial charge in [0.15, 0.2) is 5.82 Å². The topological polar surface area (TPSA) is 67.7 Å². The van der Waals surface area contributed by atoms with Gasteiger partial charge < -0.3 is 14.2 Å². The number of piperidine rings is 1. The van der Waals surface area contributed by atoms with Crippen LogP contribution in [-0.4, -0.2) is 58.7 Å². The van der Waals surface area contributed by atoms with E-state index in [0.717, 1.165) is 42.9 Å². The zero-order chi connectivity index (χ0) is 25.4. The molecular formula is C30H42N4O3. The molecule has 4 aliphatic rings. The monoisotopic (exact) mass is 506 g/mol. The molecule has 3 atom stereocenters. The molecule has 1 aliphatic carbocycles. The fourth-order valence-electron chi connectivity index (χ4n) is 7.95. The molecule has 37 heavy (non-hydrogen) atoms. The number of fused-ring (bicyclic) bond motifs is 3. The normalized spacial score (nSPS) is 29.4. The smallest absolute Gasteiger partial charge is 0.305 e. The molecule has 3 saturated heterocycles. The van der Waals surface area contributed by atoms with Gasteiger partial charge in [0.05, 0.1) is 24.6 Å². The van der Waals surface area contributed by atoms with Gasteiger partial charge in [0.2, 0.25) is 0 Å². The summed E-state index contributed by atoms with van der Waals surface area (Å²) in [5, 5.41) is 0. The van der Waals surface area contributed by atoms with Crippen molar-refractivity contribution in [1.82, 2.24) is 14.5 Å². The highest BCUT2D eigenvalue weighted by atomic mass is 16.5. The lowest BCUT2D eigenvalue weighted by atomic mass is 9.89. The maximum Gasteiger partial charge on any atom is 0.305 e. The van der Waals surface area contributed by atoms with Gasteiger partial charge in [-0.25, -0.2) is 4.98 Å². The van der Waals surface area contributed by atoms with Crippen molar-refractivity contribution in [3.05, 3.63) is 34.6 Å². The van der Waals surface area contributed by atoms with Crippen LogP contribution < -0.4 is 10.5 Å². The summed E-state index contributed by atoms with van der Waals surface area (Å²) in [7, 11) is 1.44. The van der Waals surface area contributed by atoms with E-state index in [2.05, 4.69) is 20.4 Å². The molecule has 3 aliphatic heterocycles. The Bertz CT molecular complexity index is 1160. The Morgan fingerprint density at radius 3 is 2.35 bits per heavy atom. The summed E-state index contributed by atoms with van der Waals surface area (Å²) in [4.78, 5) is 35.8. The zero-order valence-electron chi connectivity index (χ0n) is 22.3. The van der Waals surface area contributed by atoms with Gasteiger partial charge in [0, 0.05) is 37.3 Å². The molecule has 4 heterocycles. The lowest BCUT2D eigenvalue weighted by Gasteiger charge is -2.45. The number of carbonyl (C=O) groups excluding carboxylic acids is 1. The van der Waals surface area contributed by atoms with Crippen LogP contribution in [0.2, 0.25) is 0 Å². The molecular weight excluding hydrogens is 464 g/mol. The fraction of sp³-hybridized carbons (Fsp3) is 0.700. The first-order valence-corrected chi connectivity index (χ1v) is 14.7. The quantitative estimate of drug-likeness (QED) is 0.528. The van der Waals surface area contributed by atoms with Gasteiger partial charge in [-0.05, 0) is 63.0 Å². The Morgan fingerprint density at radius 2 is 1.62 bits per heavy atom. The molecule has 0 N–H and O–H groups in total. The second-order valence-corrected chi connectivity index (χ2v) is 11.9. The number of anilines is 1. The Labute approximate surface area is 220 Å². The average molecular weight is 507 g/mol. The van der Waals surface area contributed by atoms with Crippen LogP contribution in [0.15, 0.2) is 29.1 Å². The van der Waals surface area contributed by atoms with Crippen molar-refractivity contribution >= 4 is 22.8 Å². The standard InChI is InChI=1S/C30H42N4O3/c1-37-28(35)17-21-15-16-32(20-21)29-30(36)34(27-12-8-7-11-26(27)31-29)25-18-23-13-14-24(19-25)33(23)22-9-5-3-2-4-6-10-22/h7-8,11-12,21-25H,2-6,9-10,13-20H2,1H3. The summed E-state index contributed by atoms with van der Waals surface area (Å²) in [5.41, 5.74) is 1.90. The summed E-state index contributed by atoms with van der Waals surface area (Å²) in [6.45, 7) is 1.44. The number of nitrogens with zero attached hydrogens (tertiary/aromatic N) is 4. The first kappa shape index (κ1) is 24.9. The predicted molar refractivity (Wildman–Crippen MR) is 146 cm³/mol. The van der Waals surface area contributed by atoms with Crippen LogP contribution in [0.25, 0.3) is 11.0 Å². The van der Waals surface area contributed by atoms with Crippen molar-refractivity contribution in [2.45, 2.75) is 108 Å². The van der Waals surface area contributed by atoms with Crippen LogP contribution in [0.4, 0.5) is 5.82 Å². The van der Waals surface area contributed by atoms with Crippen LogP contribution in [0, 0.1) is 5.92 Å². The first-order valence-electron chi connectivity index (χ1n) is 14.7. The number of aromatic nitrogens is 2. The van der Waals surface area contributed by atoms with Crippen LogP contribution in [-0.2, 0) is 9.53 Å². The minimum absolute atomic E-state index is 0.0428. The van der Waals surface area contributed by atoms with Crippen molar-refractivity contribution in [2.75, 3.05) is 25.1 Å². The van der Waals surface area contributed by atoms with E-state index in [4.69, 9.17) is 9.72 Å². The molecule has 1 saturated carbocycles. The SMILES string of the molecule is COC(=O)CC1CCN(c2nc3ccccc3n(C3CC4CCC(C3)N4C3CCCCCCC3)c2=O)C1. The second kappa shape index (κ2) is 10.8. The van der Waals surface area contributed by atoms with Gasteiger partial charge in [-0.2, -0.15) is 0 Å². The lowest BCUT2D eigenvalue weighted by molar-refractivity contribution is -0.141. The molecule has 7 heteroatoms. The Balaban J connectivity index is 1.28. The van der Waals surface area contributed by atoms with Gasteiger partial charge in [0.25, 0.3) is 5.56 Å². The molecule has 2 aromatic rings. The third kappa shape index (κ3) is 4.91. The van der Waals surface area contributed by atoms with E-state index in [9.17, 15) is 9.59 Å². The van der Waals surface area contributed by atoms with Gasteiger partial charge >= 0.3 is 5.97 Å². The average Bonchev–Trinajstić information content (AvgIpc) is 3.44. The maximum atomic E-state index is 14.1. The van der Waals surface area contributed by atoms with E-state index in [1.165, 1.54) is 64.9 Å². The number of methoxy groups -OCH3 is 1. The summed E-state index contributed by atoms with van der Waals surface area (Å²) < 4.78 is 6.98. The van der Waals surface area contributed by atoms with E-state index in [0.29, 0.717) is 30.9 Å². The molecule has 1 aromatic carbocycles. The van der Waals surface area contributed by atoms with Gasteiger partial charge in [-0.1, -0.05) is 44.2 Å². The maximum absolute atomic E-state index is 14.1. The highest BCUT2D eigenvalue weighted by molar-refractivity contribution is 5.76. The molecule has 7 nitrogen and oxygen atoms in total. The molecule has 200 valence electrons. The number of rotatable bonds is 5. The second-order valence-electron chi connectivity index (χ2n) is 11.9. The van der Waals surface area contributed by atoms with Gasteiger partial charge in [0.1, 0.15) is 0 Å². The summed E-state index contributed by atoms with van der Waals surface area (Å²) in [5.74, 6) is 0.583. The van der Waals surface area contributed by atoms with Crippen molar-refractivity contribution in [1.29, 1.82) is 0 Å². The van der Waals surface area contributed by atoms with Crippen molar-refractivity contribution < 1.29 is 9.53 Å². The highest BCUT2D eigenvalue weighted by Crippen LogP contribution is 2.44. The minimum Gasteiger partial charge on any atom is -0.469 e. The minimum atomic E-state index is -0.178. The van der Waals surface area contributed by atoms with Crippen LogP contribution >= 0.6 is 0 Å². The molecule has 0 spiro atoms. The number of hydrogen-bond acceptors (Lipinski definition) is 6. The van der Waals surface area contributed by atoms with Crippen LogP contribution in [0.3, 0.4) is 0 Å². The van der Waals surface area contributed by atoms with Gasteiger partial charge in [-0.3, -0.25) is 14.5 Å². The number of benzene rings is 1. The van der Waals surface area contributed by atoms with E-state index in [1.807, 2.05) is 18.2 Å². The first-order chi connectivity index (χ1) is 18.1. The number of hydrogen-bond donors (Lipinski definition) is 0. The predicted octanol–water partition coefficient (Wildman–Crippen LogP) is 5.07. The van der Waals surface area contributed by atoms with E-state index >= 15 is 0 Å². The Kier molecular flexibility index (Phi) is 7.24. The number of ether oxygens (including phenoxy) is 1. The third-order valence-corrected chi connectivity index (χ3v) is 9.67. The largest absolute Gasteiger partial charge is 0.469 e. The highest BCUT2D eigenvalue weighted by Gasteiger charge is 2.44. The molecule has 0 amide bonds. The van der Waals surface area contributed by atoms with E-state index in [1.54, 1.807) is 0 Å². The third-order valence-electron chi connectivity index (χ3n) is 9.67. The number of carbonyl (C=O) groups is 1. The zero-order valence-corrected chi connectivity index (χ0v) is 22.3. The lowest BCUT2D eigenvalue weighted by Crippen LogP contribution is -2.50. The Hall–Kier alpha value is -2.41. The van der Waals surface area contributed by atoms with Crippen molar-refractivity contribution in [2.24, 2.45) is 5.92 Å².